The third kappa shape index (κ3) is 3.92. The van der Waals surface area contributed by atoms with Gasteiger partial charge < -0.3 is 10.1 Å². The topological polar surface area (TPSA) is 58.6 Å². The zero-order valence-corrected chi connectivity index (χ0v) is 17.2. The largest absolute Gasteiger partial charge is 0.492 e. The first kappa shape index (κ1) is 20.3. The highest BCUT2D eigenvalue weighted by Gasteiger charge is 2.40. The van der Waals surface area contributed by atoms with Gasteiger partial charge in [0, 0.05) is 0 Å². The summed E-state index contributed by atoms with van der Waals surface area (Å²) < 4.78 is 19.2. The minimum Gasteiger partial charge on any atom is -0.492 e. The van der Waals surface area contributed by atoms with Gasteiger partial charge in [0.15, 0.2) is 0 Å². The van der Waals surface area contributed by atoms with Crippen LogP contribution in [0.2, 0.25) is 0 Å². The van der Waals surface area contributed by atoms with Gasteiger partial charge in [-0.05, 0) is 61.4 Å². The average Bonchev–Trinajstić information content (AvgIpc) is 3.00. The van der Waals surface area contributed by atoms with Crippen LogP contribution in [-0.2, 0) is 9.59 Å². The number of benzene rings is 3. The van der Waals surface area contributed by atoms with E-state index in [-0.39, 0.29) is 11.3 Å². The second-order valence-corrected chi connectivity index (χ2v) is 7.10. The first-order valence-electron chi connectivity index (χ1n) is 9.94. The molecule has 3 aromatic rings. The highest BCUT2D eigenvalue weighted by atomic mass is 19.1. The molecule has 0 spiro atoms. The van der Waals surface area contributed by atoms with E-state index in [1.54, 1.807) is 30.3 Å². The van der Waals surface area contributed by atoms with Crippen molar-refractivity contribution in [3.63, 3.8) is 0 Å². The molecule has 1 aliphatic heterocycles. The van der Waals surface area contributed by atoms with E-state index in [1.807, 2.05) is 32.0 Å². The van der Waals surface area contributed by atoms with Crippen LogP contribution in [0.4, 0.5) is 15.8 Å². The van der Waals surface area contributed by atoms with Crippen LogP contribution < -0.4 is 15.0 Å². The smallest absolute Gasteiger partial charge is 0.282 e. The number of para-hydroxylation sites is 2. The normalized spacial score (nSPS) is 13.7. The third-order valence-electron chi connectivity index (χ3n) is 4.92. The maximum Gasteiger partial charge on any atom is 0.282 e. The third-order valence-corrected chi connectivity index (χ3v) is 4.92. The molecule has 156 valence electrons. The number of amides is 2. The standard InChI is InChI=1S/C25H21FN2O3/c1-3-31-21-10-5-4-9-20(21)27-23-22(17-11-13-18(26)14-12-17)24(29)28(25(23)30)19-8-6-7-16(2)15-19/h4-15,27H,3H2,1-2H3. The van der Waals surface area contributed by atoms with Crippen LogP contribution in [0.3, 0.4) is 0 Å². The number of carbonyl (C=O) groups excluding carboxylic acids is 2. The Morgan fingerprint density at radius 3 is 2.39 bits per heavy atom. The maximum absolute atomic E-state index is 13.5. The SMILES string of the molecule is CCOc1ccccc1NC1=C(c2ccc(F)cc2)C(=O)N(c2cccc(C)c2)C1=O. The van der Waals surface area contributed by atoms with Crippen molar-refractivity contribution >= 4 is 28.8 Å². The highest BCUT2D eigenvalue weighted by Crippen LogP contribution is 2.35. The molecule has 2 amide bonds. The lowest BCUT2D eigenvalue weighted by molar-refractivity contribution is -0.120. The fourth-order valence-electron chi connectivity index (χ4n) is 3.52. The number of nitrogens with zero attached hydrogens (tertiary/aromatic N) is 1. The number of anilines is 2. The zero-order valence-electron chi connectivity index (χ0n) is 17.2. The molecule has 0 unspecified atom stereocenters. The number of nitrogens with one attached hydrogen (secondary N) is 1. The number of imide groups is 1. The second kappa shape index (κ2) is 8.44. The summed E-state index contributed by atoms with van der Waals surface area (Å²) in [7, 11) is 0. The number of hydrogen-bond donors (Lipinski definition) is 1. The number of hydrogen-bond acceptors (Lipinski definition) is 4. The molecule has 0 radical (unpaired) electrons. The lowest BCUT2D eigenvalue weighted by atomic mass is 10.0. The minimum atomic E-state index is -0.485. The van der Waals surface area contributed by atoms with Gasteiger partial charge in [0.1, 0.15) is 17.3 Å². The Labute approximate surface area is 179 Å². The van der Waals surface area contributed by atoms with Crippen molar-refractivity contribution in [1.29, 1.82) is 0 Å². The van der Waals surface area contributed by atoms with Gasteiger partial charge in [-0.1, -0.05) is 36.4 Å². The van der Waals surface area contributed by atoms with Gasteiger partial charge in [-0.15, -0.1) is 0 Å². The number of aryl methyl sites for hydroxylation is 1. The molecule has 4 rings (SSSR count). The molecular formula is C25H21FN2O3. The van der Waals surface area contributed by atoms with E-state index >= 15 is 0 Å². The predicted octanol–water partition coefficient (Wildman–Crippen LogP) is 4.93. The molecule has 0 fully saturated rings. The Kier molecular flexibility index (Phi) is 5.54. The Morgan fingerprint density at radius 1 is 0.935 bits per heavy atom. The molecule has 0 aliphatic carbocycles. The molecule has 0 saturated heterocycles. The van der Waals surface area contributed by atoms with E-state index in [0.717, 1.165) is 10.5 Å². The van der Waals surface area contributed by atoms with Gasteiger partial charge in [-0.25, -0.2) is 9.29 Å². The predicted molar refractivity (Wildman–Crippen MR) is 118 cm³/mol. The Bertz CT molecular complexity index is 1190. The summed E-state index contributed by atoms with van der Waals surface area (Å²) in [6.45, 7) is 4.20. The lowest BCUT2D eigenvalue weighted by Crippen LogP contribution is -2.32. The van der Waals surface area contributed by atoms with Crippen molar-refractivity contribution in [2.75, 3.05) is 16.8 Å². The van der Waals surface area contributed by atoms with Crippen molar-refractivity contribution < 1.29 is 18.7 Å². The number of ether oxygens (including phenoxy) is 1. The fourth-order valence-corrected chi connectivity index (χ4v) is 3.52. The minimum absolute atomic E-state index is 0.116. The summed E-state index contributed by atoms with van der Waals surface area (Å²) in [4.78, 5) is 28.0. The summed E-state index contributed by atoms with van der Waals surface area (Å²) in [5, 5.41) is 3.10. The molecule has 1 N–H and O–H groups in total. The van der Waals surface area contributed by atoms with Crippen molar-refractivity contribution in [2.24, 2.45) is 0 Å². The van der Waals surface area contributed by atoms with Gasteiger partial charge in [0.25, 0.3) is 11.8 Å². The highest BCUT2D eigenvalue weighted by molar-refractivity contribution is 6.46. The number of rotatable bonds is 6. The van der Waals surface area contributed by atoms with Crippen LogP contribution in [0.1, 0.15) is 18.1 Å². The number of carbonyl (C=O) groups is 2. The maximum atomic E-state index is 13.5. The average molecular weight is 416 g/mol. The molecule has 0 saturated carbocycles. The van der Waals surface area contributed by atoms with Crippen LogP contribution in [-0.4, -0.2) is 18.4 Å². The fraction of sp³-hybridized carbons (Fsp3) is 0.120. The van der Waals surface area contributed by atoms with E-state index in [9.17, 15) is 14.0 Å². The van der Waals surface area contributed by atoms with E-state index in [0.29, 0.717) is 29.3 Å². The van der Waals surface area contributed by atoms with Crippen LogP contribution in [0, 0.1) is 12.7 Å². The summed E-state index contributed by atoms with van der Waals surface area (Å²) >= 11 is 0. The second-order valence-electron chi connectivity index (χ2n) is 7.10. The summed E-state index contributed by atoms with van der Waals surface area (Å²) in [6, 6.07) is 19.9. The van der Waals surface area contributed by atoms with Crippen molar-refractivity contribution in [3.05, 3.63) is 95.4 Å². The van der Waals surface area contributed by atoms with Crippen molar-refractivity contribution in [2.45, 2.75) is 13.8 Å². The molecule has 6 heteroatoms. The number of halogens is 1. The molecule has 0 bridgehead atoms. The molecule has 5 nitrogen and oxygen atoms in total. The molecule has 1 aliphatic rings. The quantitative estimate of drug-likeness (QED) is 0.579. The van der Waals surface area contributed by atoms with Crippen molar-refractivity contribution in [3.8, 4) is 5.75 Å². The molecular weight excluding hydrogens is 395 g/mol. The molecule has 0 aromatic heterocycles. The molecule has 1 heterocycles. The van der Waals surface area contributed by atoms with Crippen LogP contribution in [0.25, 0.3) is 5.57 Å². The Balaban J connectivity index is 1.83. The van der Waals surface area contributed by atoms with Crippen LogP contribution in [0.15, 0.2) is 78.5 Å². The van der Waals surface area contributed by atoms with E-state index in [1.165, 1.54) is 24.3 Å². The van der Waals surface area contributed by atoms with E-state index in [4.69, 9.17) is 4.74 Å². The lowest BCUT2D eigenvalue weighted by Gasteiger charge is -2.16. The summed E-state index contributed by atoms with van der Waals surface area (Å²) in [5.41, 5.74) is 2.70. The monoisotopic (exact) mass is 416 g/mol. The van der Waals surface area contributed by atoms with Gasteiger partial charge >= 0.3 is 0 Å². The van der Waals surface area contributed by atoms with Gasteiger partial charge in [0.05, 0.1) is 23.6 Å². The summed E-state index contributed by atoms with van der Waals surface area (Å²) in [6.07, 6.45) is 0. The van der Waals surface area contributed by atoms with Gasteiger partial charge in [-0.2, -0.15) is 0 Å². The van der Waals surface area contributed by atoms with E-state index in [2.05, 4.69) is 5.32 Å². The van der Waals surface area contributed by atoms with Gasteiger partial charge in [-0.3, -0.25) is 9.59 Å². The first-order valence-corrected chi connectivity index (χ1v) is 9.94. The Hall–Kier alpha value is -3.93. The Morgan fingerprint density at radius 2 is 1.68 bits per heavy atom. The molecule has 31 heavy (non-hydrogen) atoms. The van der Waals surface area contributed by atoms with Crippen molar-refractivity contribution in [1.82, 2.24) is 0 Å². The zero-order chi connectivity index (χ0) is 22.0. The molecule has 3 aromatic carbocycles. The summed E-state index contributed by atoms with van der Waals surface area (Å²) in [5.74, 6) is -0.821. The van der Waals surface area contributed by atoms with Crippen LogP contribution >= 0.6 is 0 Å². The van der Waals surface area contributed by atoms with E-state index < -0.39 is 17.6 Å². The molecule has 0 atom stereocenters. The van der Waals surface area contributed by atoms with Crippen LogP contribution in [0.5, 0.6) is 5.75 Å². The first-order chi connectivity index (χ1) is 15.0. The van der Waals surface area contributed by atoms with Gasteiger partial charge in [0.2, 0.25) is 0 Å².